The van der Waals surface area contributed by atoms with E-state index in [0.717, 1.165) is 41.5 Å². The van der Waals surface area contributed by atoms with Gasteiger partial charge in [0.25, 0.3) is 0 Å². The minimum absolute atomic E-state index is 0.0115. The molecule has 4 rings (SSSR count). The number of hydrogen-bond donors (Lipinski definition) is 2. The molecule has 2 aromatic rings. The van der Waals surface area contributed by atoms with Crippen molar-refractivity contribution in [3.05, 3.63) is 57.6 Å². The molecule has 4 heteroatoms. The van der Waals surface area contributed by atoms with Crippen LogP contribution in [-0.2, 0) is 21.7 Å². The molecule has 0 spiro atoms. The SMILES string of the molecule is CC(C)(C)c1cc(C=N[C@H]2C[C@@H]3C[C@H]2C[C@@H]3N=Cc2cc(C(C)(C)C)cc(C(C)(C)C)c2O)c(O)c(C(C)(C)C)c1. The second-order valence-corrected chi connectivity index (χ2v) is 16.8. The van der Waals surface area contributed by atoms with E-state index in [1.807, 2.05) is 12.4 Å². The number of nitrogens with zero attached hydrogens (tertiary/aromatic N) is 2. The zero-order valence-electron chi connectivity index (χ0n) is 27.7. The summed E-state index contributed by atoms with van der Waals surface area (Å²) in [6.45, 7) is 26.2. The average Bonchev–Trinajstić information content (AvgIpc) is 3.40. The van der Waals surface area contributed by atoms with Gasteiger partial charge in [-0.1, -0.05) is 95.2 Å². The van der Waals surface area contributed by atoms with Gasteiger partial charge in [-0.3, -0.25) is 9.98 Å². The van der Waals surface area contributed by atoms with E-state index in [-0.39, 0.29) is 33.7 Å². The van der Waals surface area contributed by atoms with Crippen molar-refractivity contribution in [1.82, 2.24) is 0 Å². The van der Waals surface area contributed by atoms with Gasteiger partial charge in [0, 0.05) is 34.7 Å². The highest BCUT2D eigenvalue weighted by Crippen LogP contribution is 2.48. The lowest BCUT2D eigenvalue weighted by Gasteiger charge is -2.27. The van der Waals surface area contributed by atoms with Gasteiger partial charge >= 0.3 is 0 Å². The lowest BCUT2D eigenvalue weighted by Crippen LogP contribution is -2.23. The second kappa shape index (κ2) is 10.6. The Hall–Kier alpha value is -2.62. The molecule has 0 aromatic heterocycles. The van der Waals surface area contributed by atoms with Gasteiger partial charge in [0.15, 0.2) is 0 Å². The summed E-state index contributed by atoms with van der Waals surface area (Å²) in [7, 11) is 0. The zero-order chi connectivity index (χ0) is 30.7. The zero-order valence-corrected chi connectivity index (χ0v) is 27.7. The molecular formula is C37H54N2O2. The van der Waals surface area contributed by atoms with Gasteiger partial charge in [-0.25, -0.2) is 0 Å². The van der Waals surface area contributed by atoms with Gasteiger partial charge in [-0.05, 0) is 76.0 Å². The predicted molar refractivity (Wildman–Crippen MR) is 175 cm³/mol. The van der Waals surface area contributed by atoms with E-state index in [0.29, 0.717) is 23.3 Å². The van der Waals surface area contributed by atoms with Crippen molar-refractivity contribution >= 4 is 12.4 Å². The van der Waals surface area contributed by atoms with Crippen LogP contribution in [-0.4, -0.2) is 34.7 Å². The lowest BCUT2D eigenvalue weighted by atomic mass is 9.79. The molecule has 0 heterocycles. The van der Waals surface area contributed by atoms with Gasteiger partial charge in [0.1, 0.15) is 11.5 Å². The topological polar surface area (TPSA) is 65.2 Å². The van der Waals surface area contributed by atoms with Crippen molar-refractivity contribution in [3.8, 4) is 11.5 Å². The number of phenols is 2. The molecule has 2 aliphatic rings. The molecule has 2 bridgehead atoms. The Morgan fingerprint density at radius 1 is 0.537 bits per heavy atom. The lowest BCUT2D eigenvalue weighted by molar-refractivity contribution is 0.379. The van der Waals surface area contributed by atoms with Crippen molar-refractivity contribution in [3.63, 3.8) is 0 Å². The van der Waals surface area contributed by atoms with Crippen LogP contribution in [0.1, 0.15) is 136 Å². The average molecular weight is 559 g/mol. The van der Waals surface area contributed by atoms with Gasteiger partial charge in [0.2, 0.25) is 0 Å². The molecule has 4 atom stereocenters. The van der Waals surface area contributed by atoms with Gasteiger partial charge in [-0.2, -0.15) is 0 Å². The highest BCUT2D eigenvalue weighted by molar-refractivity contribution is 5.86. The summed E-state index contributed by atoms with van der Waals surface area (Å²) in [6.07, 6.45) is 7.04. The maximum Gasteiger partial charge on any atom is 0.128 e. The number of phenolic OH excluding ortho intramolecular Hbond substituents is 2. The monoisotopic (exact) mass is 558 g/mol. The molecular weight excluding hydrogens is 504 g/mol. The summed E-state index contributed by atoms with van der Waals surface area (Å²) in [5, 5.41) is 22.3. The Morgan fingerprint density at radius 3 is 1.15 bits per heavy atom. The summed E-state index contributed by atoms with van der Waals surface area (Å²) in [5.41, 5.74) is 5.71. The fourth-order valence-electron chi connectivity index (χ4n) is 6.45. The molecule has 4 nitrogen and oxygen atoms in total. The minimum atomic E-state index is -0.153. The van der Waals surface area contributed by atoms with Crippen LogP contribution in [0.4, 0.5) is 0 Å². The van der Waals surface area contributed by atoms with E-state index in [1.54, 1.807) is 0 Å². The molecule has 0 aliphatic heterocycles. The number of fused-ring (bicyclic) bond motifs is 2. The van der Waals surface area contributed by atoms with Crippen molar-refractivity contribution in [2.75, 3.05) is 0 Å². The van der Waals surface area contributed by atoms with Crippen LogP contribution >= 0.6 is 0 Å². The molecule has 0 radical (unpaired) electrons. The largest absolute Gasteiger partial charge is 0.507 e. The maximum absolute atomic E-state index is 11.2. The number of aliphatic imine (C=N–C) groups is 2. The van der Waals surface area contributed by atoms with Crippen LogP contribution in [0.3, 0.4) is 0 Å². The van der Waals surface area contributed by atoms with Crippen LogP contribution in [0.25, 0.3) is 0 Å². The van der Waals surface area contributed by atoms with Crippen LogP contribution in [0, 0.1) is 11.8 Å². The molecule has 2 fully saturated rings. The highest BCUT2D eigenvalue weighted by Gasteiger charge is 2.45. The fraction of sp³-hybridized carbons (Fsp3) is 0.622. The summed E-state index contributed by atoms with van der Waals surface area (Å²) in [5.74, 6) is 1.72. The Labute approximate surface area is 249 Å². The van der Waals surface area contributed by atoms with E-state index in [4.69, 9.17) is 9.98 Å². The van der Waals surface area contributed by atoms with Gasteiger partial charge < -0.3 is 10.2 Å². The Bertz CT molecular complexity index is 1240. The second-order valence-electron chi connectivity index (χ2n) is 16.8. The molecule has 41 heavy (non-hydrogen) atoms. The van der Waals surface area contributed by atoms with E-state index >= 15 is 0 Å². The first-order valence-electron chi connectivity index (χ1n) is 15.5. The maximum atomic E-state index is 11.2. The van der Waals surface area contributed by atoms with Crippen molar-refractivity contribution in [2.24, 2.45) is 21.8 Å². The summed E-state index contributed by atoms with van der Waals surface area (Å²) < 4.78 is 0. The number of rotatable bonds is 4. The molecule has 224 valence electrons. The van der Waals surface area contributed by atoms with Gasteiger partial charge in [-0.15, -0.1) is 0 Å². The molecule has 2 saturated carbocycles. The van der Waals surface area contributed by atoms with Gasteiger partial charge in [0.05, 0.1) is 12.1 Å². The van der Waals surface area contributed by atoms with Crippen LogP contribution in [0.2, 0.25) is 0 Å². The molecule has 2 aromatic carbocycles. The van der Waals surface area contributed by atoms with Crippen molar-refractivity contribution in [1.29, 1.82) is 0 Å². The Morgan fingerprint density at radius 2 is 0.878 bits per heavy atom. The normalized spacial score (nSPS) is 23.8. The Balaban J connectivity index is 1.54. The van der Waals surface area contributed by atoms with Crippen molar-refractivity contribution < 1.29 is 10.2 Å². The summed E-state index contributed by atoms with van der Waals surface area (Å²) in [4.78, 5) is 10.1. The first-order chi connectivity index (χ1) is 18.7. The van der Waals surface area contributed by atoms with Crippen LogP contribution < -0.4 is 0 Å². The van der Waals surface area contributed by atoms with Crippen LogP contribution in [0.5, 0.6) is 11.5 Å². The standard InChI is InChI=1S/C37H54N2O2/c1-34(2,3)26-14-24(32(40)28(18-26)36(7,8)9)20-38-30-16-23-13-22(30)17-31(23)39-21-25-15-27(35(4,5)6)19-29(33(25)41)37(10,11)12/h14-15,18-23,30-31,40-41H,13,16-17H2,1-12H3/t22-,23-,30-,31-/m0/s1. The van der Waals surface area contributed by atoms with Crippen LogP contribution in [0.15, 0.2) is 34.3 Å². The molecule has 0 saturated heterocycles. The van der Waals surface area contributed by atoms with Crippen molar-refractivity contribution in [2.45, 2.75) is 136 Å². The first kappa shape index (κ1) is 31.3. The Kier molecular flexibility index (Phi) is 8.08. The third-order valence-electron chi connectivity index (χ3n) is 9.22. The van der Waals surface area contributed by atoms with E-state index < -0.39 is 0 Å². The number of aromatic hydroxyl groups is 2. The van der Waals surface area contributed by atoms with E-state index in [1.165, 1.54) is 11.1 Å². The smallest absolute Gasteiger partial charge is 0.128 e. The first-order valence-corrected chi connectivity index (χ1v) is 15.5. The van der Waals surface area contributed by atoms with E-state index in [2.05, 4.69) is 107 Å². The quantitative estimate of drug-likeness (QED) is 0.368. The molecule has 0 unspecified atom stereocenters. The number of benzene rings is 2. The third-order valence-corrected chi connectivity index (χ3v) is 9.22. The fourth-order valence-corrected chi connectivity index (χ4v) is 6.45. The molecule has 2 N–H and O–H groups in total. The molecule has 2 aliphatic carbocycles. The summed E-state index contributed by atoms with van der Waals surface area (Å²) in [6, 6.07) is 9.08. The molecule has 0 amide bonds. The summed E-state index contributed by atoms with van der Waals surface area (Å²) >= 11 is 0. The van der Waals surface area contributed by atoms with E-state index in [9.17, 15) is 10.2 Å². The predicted octanol–water partition coefficient (Wildman–Crippen LogP) is 8.99. The third kappa shape index (κ3) is 6.73. The number of hydrogen-bond acceptors (Lipinski definition) is 4. The minimum Gasteiger partial charge on any atom is -0.507 e. The highest BCUT2D eigenvalue weighted by atomic mass is 16.3.